The van der Waals surface area contributed by atoms with Gasteiger partial charge >= 0.3 is 5.97 Å². The van der Waals surface area contributed by atoms with Crippen molar-refractivity contribution in [3.05, 3.63) is 0 Å². The molecule has 0 N–H and O–H groups in total. The van der Waals surface area contributed by atoms with Crippen LogP contribution in [0.15, 0.2) is 0 Å². The number of halogens is 1. The molecule has 1 fully saturated rings. The predicted octanol–water partition coefficient (Wildman–Crippen LogP) is 1.96. The zero-order valence-electron chi connectivity index (χ0n) is 6.89. The van der Waals surface area contributed by atoms with Crippen LogP contribution in [0, 0.1) is 5.92 Å². The Labute approximate surface area is 71.9 Å². The van der Waals surface area contributed by atoms with E-state index in [9.17, 15) is 4.79 Å². The SMILES string of the molecule is CCC(=O)OCC1CC1(C)Cl. The van der Waals surface area contributed by atoms with Crippen molar-refractivity contribution in [2.24, 2.45) is 5.92 Å². The van der Waals surface area contributed by atoms with E-state index in [1.807, 2.05) is 6.92 Å². The first-order valence-electron chi connectivity index (χ1n) is 3.91. The van der Waals surface area contributed by atoms with Gasteiger partial charge < -0.3 is 4.74 Å². The number of esters is 1. The molecule has 0 aromatic rings. The van der Waals surface area contributed by atoms with Crippen molar-refractivity contribution < 1.29 is 9.53 Å². The first-order valence-corrected chi connectivity index (χ1v) is 4.28. The molecule has 0 bridgehead atoms. The van der Waals surface area contributed by atoms with Crippen LogP contribution in [0.3, 0.4) is 0 Å². The van der Waals surface area contributed by atoms with Crippen LogP contribution in [0.4, 0.5) is 0 Å². The largest absolute Gasteiger partial charge is 0.465 e. The standard InChI is InChI=1S/C8H13ClO2/c1-3-7(10)11-5-6-4-8(6,2)9/h6H,3-5H2,1-2H3. The van der Waals surface area contributed by atoms with E-state index in [2.05, 4.69) is 0 Å². The molecule has 1 aliphatic carbocycles. The fraction of sp³-hybridized carbons (Fsp3) is 0.875. The number of ether oxygens (including phenoxy) is 1. The number of carbonyl (C=O) groups is 1. The van der Waals surface area contributed by atoms with Crippen molar-refractivity contribution in [2.45, 2.75) is 31.6 Å². The summed E-state index contributed by atoms with van der Waals surface area (Å²) in [6.07, 6.45) is 1.41. The number of rotatable bonds is 3. The molecule has 0 saturated heterocycles. The third kappa shape index (κ3) is 2.37. The summed E-state index contributed by atoms with van der Waals surface area (Å²) in [6.45, 7) is 4.25. The van der Waals surface area contributed by atoms with E-state index in [1.165, 1.54) is 0 Å². The zero-order chi connectivity index (χ0) is 8.48. The first-order chi connectivity index (χ1) is 5.06. The van der Waals surface area contributed by atoms with Gasteiger partial charge in [-0.1, -0.05) is 6.92 Å². The summed E-state index contributed by atoms with van der Waals surface area (Å²) >= 11 is 5.94. The molecular formula is C8H13ClO2. The summed E-state index contributed by atoms with van der Waals surface area (Å²) in [5.74, 6) is 0.240. The van der Waals surface area contributed by atoms with Crippen LogP contribution in [0.25, 0.3) is 0 Å². The second-order valence-corrected chi connectivity index (χ2v) is 4.08. The summed E-state index contributed by atoms with van der Waals surface area (Å²) < 4.78 is 4.93. The van der Waals surface area contributed by atoms with Crippen molar-refractivity contribution in [3.63, 3.8) is 0 Å². The molecule has 3 heteroatoms. The molecular weight excluding hydrogens is 164 g/mol. The molecule has 0 aliphatic heterocycles. The third-order valence-corrected chi connectivity index (χ3v) is 2.53. The molecule has 2 nitrogen and oxygen atoms in total. The van der Waals surface area contributed by atoms with Crippen LogP contribution in [-0.4, -0.2) is 17.5 Å². The summed E-state index contributed by atoms with van der Waals surface area (Å²) in [7, 11) is 0. The molecule has 0 heterocycles. The minimum atomic E-state index is -0.135. The highest BCUT2D eigenvalue weighted by molar-refractivity contribution is 6.25. The van der Waals surface area contributed by atoms with Gasteiger partial charge in [-0.25, -0.2) is 0 Å². The van der Waals surface area contributed by atoms with Gasteiger partial charge in [-0.15, -0.1) is 11.6 Å². The number of alkyl halides is 1. The highest BCUT2D eigenvalue weighted by atomic mass is 35.5. The molecule has 2 unspecified atom stereocenters. The van der Waals surface area contributed by atoms with Crippen molar-refractivity contribution in [1.82, 2.24) is 0 Å². The fourth-order valence-electron chi connectivity index (χ4n) is 0.951. The zero-order valence-corrected chi connectivity index (χ0v) is 7.65. The van der Waals surface area contributed by atoms with E-state index in [0.29, 0.717) is 18.9 Å². The van der Waals surface area contributed by atoms with Gasteiger partial charge in [0.2, 0.25) is 0 Å². The highest BCUT2D eigenvalue weighted by Gasteiger charge is 2.49. The van der Waals surface area contributed by atoms with Crippen LogP contribution < -0.4 is 0 Å². The lowest BCUT2D eigenvalue weighted by atomic mass is 10.3. The predicted molar refractivity (Wildman–Crippen MR) is 43.6 cm³/mol. The van der Waals surface area contributed by atoms with Crippen LogP contribution in [0.2, 0.25) is 0 Å². The van der Waals surface area contributed by atoms with Crippen molar-refractivity contribution >= 4 is 17.6 Å². The van der Waals surface area contributed by atoms with Crippen LogP contribution in [-0.2, 0) is 9.53 Å². The maximum Gasteiger partial charge on any atom is 0.305 e. The second-order valence-electron chi connectivity index (χ2n) is 3.22. The van der Waals surface area contributed by atoms with Gasteiger partial charge in [0.15, 0.2) is 0 Å². The summed E-state index contributed by atoms with van der Waals surface area (Å²) in [5, 5.41) is 0. The van der Waals surface area contributed by atoms with E-state index in [-0.39, 0.29) is 10.8 Å². The van der Waals surface area contributed by atoms with Gasteiger partial charge in [0.05, 0.1) is 6.61 Å². The molecule has 11 heavy (non-hydrogen) atoms. The normalized spacial score (nSPS) is 35.0. The Kier molecular flexibility index (Phi) is 2.43. The molecule has 0 aromatic heterocycles. The molecule has 0 aromatic carbocycles. The minimum absolute atomic E-state index is 0.103. The first kappa shape index (κ1) is 8.85. The molecule has 64 valence electrons. The van der Waals surface area contributed by atoms with Gasteiger partial charge in [-0.2, -0.15) is 0 Å². The monoisotopic (exact) mass is 176 g/mol. The van der Waals surface area contributed by atoms with Crippen LogP contribution >= 0.6 is 11.6 Å². The lowest BCUT2D eigenvalue weighted by molar-refractivity contribution is -0.143. The average Bonchev–Trinajstić information content (AvgIpc) is 2.54. The maximum absolute atomic E-state index is 10.7. The summed E-state index contributed by atoms with van der Waals surface area (Å²) in [5.41, 5.74) is 0. The molecule has 1 saturated carbocycles. The molecule has 0 radical (unpaired) electrons. The lowest BCUT2D eigenvalue weighted by Crippen LogP contribution is -2.08. The quantitative estimate of drug-likeness (QED) is 0.486. The van der Waals surface area contributed by atoms with Crippen molar-refractivity contribution in [1.29, 1.82) is 0 Å². The highest BCUT2D eigenvalue weighted by Crippen LogP contribution is 2.49. The maximum atomic E-state index is 10.7. The van der Waals surface area contributed by atoms with Gasteiger partial charge in [0.1, 0.15) is 0 Å². The Morgan fingerprint density at radius 2 is 2.36 bits per heavy atom. The molecule has 1 rings (SSSR count). The summed E-state index contributed by atoms with van der Waals surface area (Å²) in [6, 6.07) is 0. The van der Waals surface area contributed by atoms with E-state index in [0.717, 1.165) is 6.42 Å². The van der Waals surface area contributed by atoms with Crippen LogP contribution in [0.5, 0.6) is 0 Å². The Bertz CT molecular complexity index is 165. The van der Waals surface area contributed by atoms with Gasteiger partial charge in [-0.05, 0) is 13.3 Å². The molecule has 0 amide bonds. The Morgan fingerprint density at radius 3 is 2.73 bits per heavy atom. The van der Waals surface area contributed by atoms with Gasteiger partial charge in [-0.3, -0.25) is 4.79 Å². The van der Waals surface area contributed by atoms with E-state index in [1.54, 1.807) is 6.92 Å². The smallest absolute Gasteiger partial charge is 0.305 e. The number of hydrogen-bond acceptors (Lipinski definition) is 2. The Morgan fingerprint density at radius 1 is 1.82 bits per heavy atom. The fourth-order valence-corrected chi connectivity index (χ4v) is 1.20. The van der Waals surface area contributed by atoms with E-state index < -0.39 is 0 Å². The number of hydrogen-bond donors (Lipinski definition) is 0. The topological polar surface area (TPSA) is 26.3 Å². The lowest BCUT2D eigenvalue weighted by Gasteiger charge is -2.02. The Hall–Kier alpha value is -0.240. The second kappa shape index (κ2) is 3.02. The number of carbonyl (C=O) groups excluding carboxylic acids is 1. The third-order valence-electron chi connectivity index (χ3n) is 2.07. The van der Waals surface area contributed by atoms with E-state index in [4.69, 9.17) is 16.3 Å². The molecule has 2 atom stereocenters. The van der Waals surface area contributed by atoms with E-state index >= 15 is 0 Å². The summed E-state index contributed by atoms with van der Waals surface area (Å²) in [4.78, 5) is 10.6. The average molecular weight is 177 g/mol. The molecule has 0 spiro atoms. The Balaban J connectivity index is 2.11. The van der Waals surface area contributed by atoms with Gasteiger partial charge in [0.25, 0.3) is 0 Å². The molecule has 1 aliphatic rings. The van der Waals surface area contributed by atoms with Crippen molar-refractivity contribution in [3.8, 4) is 0 Å². The van der Waals surface area contributed by atoms with Crippen molar-refractivity contribution in [2.75, 3.05) is 6.61 Å². The van der Waals surface area contributed by atoms with Crippen LogP contribution in [0.1, 0.15) is 26.7 Å². The van der Waals surface area contributed by atoms with Gasteiger partial charge in [0, 0.05) is 17.2 Å². The minimum Gasteiger partial charge on any atom is -0.465 e.